The summed E-state index contributed by atoms with van der Waals surface area (Å²) >= 11 is 3.26. The van der Waals surface area contributed by atoms with E-state index in [4.69, 9.17) is 8.85 Å². The first kappa shape index (κ1) is 15.1. The van der Waals surface area contributed by atoms with E-state index in [2.05, 4.69) is 43.0 Å². The van der Waals surface area contributed by atoms with Crippen molar-refractivity contribution < 1.29 is 8.85 Å². The van der Waals surface area contributed by atoms with Crippen molar-refractivity contribution in [3.05, 3.63) is 45.4 Å². The molecule has 2 aliphatic heterocycles. The van der Waals surface area contributed by atoms with Crippen molar-refractivity contribution in [2.24, 2.45) is 6.98 Å². The summed E-state index contributed by atoms with van der Waals surface area (Å²) in [6.07, 6.45) is 3.04. The molecule has 0 aromatic carbocycles. The number of piperazine rings is 1. The fraction of sp³-hybridized carbons (Fsp3) is 0.474. The summed E-state index contributed by atoms with van der Waals surface area (Å²) in [4.78, 5) is 21.8. The summed E-state index contributed by atoms with van der Waals surface area (Å²) in [5.41, 5.74) is 0.533. The highest BCUT2D eigenvalue weighted by molar-refractivity contribution is 9.10. The molecular formula is C19H24BrN5O2. The number of ether oxygens (including phenoxy) is 1. The normalized spacial score (nSPS) is 23.3. The zero-order chi connectivity index (χ0) is 21.5. The minimum Gasteiger partial charge on any atom is -0.378 e. The fourth-order valence-corrected chi connectivity index (χ4v) is 3.97. The maximum Gasteiger partial charge on any atom is 0.274 e. The molecule has 0 amide bonds. The summed E-state index contributed by atoms with van der Waals surface area (Å²) in [6, 6.07) is 6.22. The number of nitrogens with one attached hydrogen (secondary N) is 1. The third-order valence-corrected chi connectivity index (χ3v) is 5.56. The second-order valence-electron chi connectivity index (χ2n) is 7.00. The molecule has 2 aromatic heterocycles. The van der Waals surface area contributed by atoms with Gasteiger partial charge in [0, 0.05) is 47.4 Å². The smallest absolute Gasteiger partial charge is 0.274 e. The predicted molar refractivity (Wildman–Crippen MR) is 110 cm³/mol. The van der Waals surface area contributed by atoms with E-state index in [-0.39, 0.29) is 5.69 Å². The summed E-state index contributed by atoms with van der Waals surface area (Å²) in [6.45, 7) is 4.20. The molecule has 0 radical (unpaired) electrons. The summed E-state index contributed by atoms with van der Waals surface area (Å²) in [7, 11) is 0. The van der Waals surface area contributed by atoms with Gasteiger partial charge in [0.25, 0.3) is 5.56 Å². The lowest BCUT2D eigenvalue weighted by molar-refractivity contribution is -0.0691. The first-order valence-corrected chi connectivity index (χ1v) is 9.76. The van der Waals surface area contributed by atoms with Gasteiger partial charge in [-0.15, -0.1) is 0 Å². The van der Waals surface area contributed by atoms with Crippen LogP contribution in [0.3, 0.4) is 0 Å². The molecule has 1 N–H and O–H groups in total. The molecule has 0 unspecified atom stereocenters. The van der Waals surface area contributed by atoms with Crippen LogP contribution in [0.2, 0.25) is 0 Å². The second-order valence-corrected chi connectivity index (χ2v) is 7.92. The van der Waals surface area contributed by atoms with Crippen LogP contribution in [0.1, 0.15) is 11.0 Å². The maximum atomic E-state index is 12.5. The van der Waals surface area contributed by atoms with Gasteiger partial charge in [-0.3, -0.25) is 9.69 Å². The molecule has 0 bridgehead atoms. The summed E-state index contributed by atoms with van der Waals surface area (Å²) in [5, 5.41) is 2.94. The van der Waals surface area contributed by atoms with Crippen LogP contribution in [0.4, 0.5) is 17.2 Å². The first-order chi connectivity index (χ1) is 14.2. The van der Waals surface area contributed by atoms with Crippen LogP contribution in [-0.2, 0) is 11.7 Å². The maximum absolute atomic E-state index is 12.5. The van der Waals surface area contributed by atoms with Crippen LogP contribution in [0.15, 0.2) is 39.9 Å². The lowest BCUT2D eigenvalue weighted by Gasteiger charge is -2.46. The number of rotatable bonds is 4. The van der Waals surface area contributed by atoms with Crippen molar-refractivity contribution in [1.82, 2.24) is 14.5 Å². The Hall–Kier alpha value is -1.90. The second kappa shape index (κ2) is 7.61. The van der Waals surface area contributed by atoms with Crippen LogP contribution in [0, 0.1) is 0 Å². The topological polar surface area (TPSA) is 62.6 Å². The van der Waals surface area contributed by atoms with Crippen LogP contribution in [0.5, 0.6) is 0 Å². The SMILES string of the molecule is [2H]C([2H])([2H])n1cc(Br)cc(Nc2ccc(N3CCN(C4COC4)C[C@@H]3C)cn2)c1=O. The molecule has 4 rings (SSSR count). The van der Waals surface area contributed by atoms with Gasteiger partial charge in [0.05, 0.1) is 31.1 Å². The quantitative estimate of drug-likeness (QED) is 0.792. The van der Waals surface area contributed by atoms with Crippen molar-refractivity contribution in [3.63, 3.8) is 0 Å². The molecule has 2 fully saturated rings. The Bertz CT molecular complexity index is 962. The third kappa shape index (κ3) is 3.88. The van der Waals surface area contributed by atoms with Crippen molar-refractivity contribution >= 4 is 33.1 Å². The molecule has 7 nitrogen and oxygen atoms in total. The largest absolute Gasteiger partial charge is 0.378 e. The van der Waals surface area contributed by atoms with Crippen LogP contribution in [0.25, 0.3) is 0 Å². The van der Waals surface area contributed by atoms with Crippen LogP contribution < -0.4 is 15.8 Å². The standard InChI is InChI=1S/C19H24BrN5O2/c1-13-9-24(16-11-27-12-16)5-6-25(13)15-3-4-18(21-8-15)22-17-7-14(20)10-23(2)19(17)26/h3-4,7-8,10,13,16H,5-6,9,11-12H2,1-2H3,(H,21,22)/t13-/m0/s1/i2D3. The number of hydrogen-bond donors (Lipinski definition) is 1. The number of nitrogens with zero attached hydrogens (tertiary/aromatic N) is 4. The Morgan fingerprint density at radius 1 is 1.37 bits per heavy atom. The Kier molecular flexibility index (Phi) is 4.25. The third-order valence-electron chi connectivity index (χ3n) is 5.12. The first-order valence-electron chi connectivity index (χ1n) is 10.5. The Labute approximate surface area is 171 Å². The number of pyridine rings is 2. The Morgan fingerprint density at radius 2 is 2.22 bits per heavy atom. The highest BCUT2D eigenvalue weighted by atomic mass is 79.9. The van der Waals surface area contributed by atoms with E-state index in [0.717, 1.165) is 43.1 Å². The molecule has 8 heteroatoms. The highest BCUT2D eigenvalue weighted by Gasteiger charge is 2.32. The van der Waals surface area contributed by atoms with Gasteiger partial charge in [0.1, 0.15) is 11.5 Å². The molecule has 2 saturated heterocycles. The van der Waals surface area contributed by atoms with Crippen LogP contribution >= 0.6 is 15.9 Å². The number of halogens is 1. The van der Waals surface area contributed by atoms with Crippen molar-refractivity contribution in [2.75, 3.05) is 43.1 Å². The van der Waals surface area contributed by atoms with E-state index in [1.165, 1.54) is 6.20 Å². The predicted octanol–water partition coefficient (Wildman–Crippen LogP) is 2.20. The van der Waals surface area contributed by atoms with Crippen molar-refractivity contribution in [3.8, 4) is 0 Å². The molecule has 2 aromatic rings. The number of hydrogen-bond acceptors (Lipinski definition) is 6. The zero-order valence-corrected chi connectivity index (χ0v) is 16.6. The summed E-state index contributed by atoms with van der Waals surface area (Å²) < 4.78 is 29.1. The minimum absolute atomic E-state index is 0.144. The average Bonchev–Trinajstić information content (AvgIpc) is 2.63. The number of anilines is 3. The van der Waals surface area contributed by atoms with E-state index >= 15 is 0 Å². The Morgan fingerprint density at radius 3 is 2.85 bits per heavy atom. The lowest BCUT2D eigenvalue weighted by Crippen LogP contribution is -2.59. The Balaban J connectivity index is 1.47. The fourth-order valence-electron chi connectivity index (χ4n) is 3.54. The average molecular weight is 437 g/mol. The molecule has 0 saturated carbocycles. The molecule has 4 heterocycles. The molecule has 27 heavy (non-hydrogen) atoms. The van der Waals surface area contributed by atoms with Crippen LogP contribution in [-0.4, -0.2) is 59.4 Å². The highest BCUT2D eigenvalue weighted by Crippen LogP contribution is 2.24. The monoisotopic (exact) mass is 436 g/mol. The molecule has 144 valence electrons. The van der Waals surface area contributed by atoms with E-state index in [1.807, 2.05) is 6.07 Å². The van der Waals surface area contributed by atoms with Gasteiger partial charge in [0.15, 0.2) is 0 Å². The molecule has 1 atom stereocenters. The number of aromatic nitrogens is 2. The van der Waals surface area contributed by atoms with Crippen molar-refractivity contribution in [2.45, 2.75) is 19.0 Å². The molecule has 2 aliphatic rings. The van der Waals surface area contributed by atoms with Gasteiger partial charge in [-0.2, -0.15) is 0 Å². The minimum atomic E-state index is -2.56. The molecule has 0 spiro atoms. The lowest BCUT2D eigenvalue weighted by atomic mass is 10.1. The number of aryl methyl sites for hydroxylation is 1. The van der Waals surface area contributed by atoms with Gasteiger partial charge < -0.3 is 19.5 Å². The van der Waals surface area contributed by atoms with E-state index in [0.29, 0.717) is 22.4 Å². The van der Waals surface area contributed by atoms with Gasteiger partial charge in [0.2, 0.25) is 0 Å². The van der Waals surface area contributed by atoms with Gasteiger partial charge in [-0.25, -0.2) is 4.98 Å². The van der Waals surface area contributed by atoms with E-state index in [9.17, 15) is 4.79 Å². The zero-order valence-electron chi connectivity index (χ0n) is 18.1. The van der Waals surface area contributed by atoms with E-state index < -0.39 is 12.5 Å². The van der Waals surface area contributed by atoms with Gasteiger partial charge in [-0.1, -0.05) is 0 Å². The molecular weight excluding hydrogens is 410 g/mol. The van der Waals surface area contributed by atoms with Crippen molar-refractivity contribution in [1.29, 1.82) is 0 Å². The van der Waals surface area contributed by atoms with E-state index in [1.54, 1.807) is 18.3 Å². The summed E-state index contributed by atoms with van der Waals surface area (Å²) in [5.74, 6) is 0.476. The van der Waals surface area contributed by atoms with Gasteiger partial charge in [-0.05, 0) is 41.1 Å². The molecule has 0 aliphatic carbocycles. The van der Waals surface area contributed by atoms with Gasteiger partial charge >= 0.3 is 0 Å².